The molecule has 1 N–H and O–H groups in total. The van der Waals surface area contributed by atoms with Crippen LogP contribution in [0.1, 0.15) is 31.4 Å². The average molecular weight is 674 g/mol. The van der Waals surface area contributed by atoms with Crippen LogP contribution in [0, 0.1) is 13.8 Å². The Morgan fingerprint density at radius 1 is 0.620 bits per heavy atom. The second-order valence-corrected chi connectivity index (χ2v) is 12.8. The van der Waals surface area contributed by atoms with Crippen molar-refractivity contribution in [3.63, 3.8) is 0 Å². The lowest BCUT2D eigenvalue weighted by molar-refractivity contribution is 0.765. The van der Waals surface area contributed by atoms with E-state index in [0.29, 0.717) is 22.7 Å². The molecule has 0 bridgehead atoms. The van der Waals surface area contributed by atoms with Gasteiger partial charge in [-0.15, -0.1) is 25.6 Å². The van der Waals surface area contributed by atoms with E-state index in [1.54, 1.807) is 0 Å². The van der Waals surface area contributed by atoms with Crippen molar-refractivity contribution in [1.29, 1.82) is 0 Å². The molecule has 1 atom stereocenters. The molecule has 1 heterocycles. The van der Waals surface area contributed by atoms with Gasteiger partial charge in [0.1, 0.15) is 0 Å². The van der Waals surface area contributed by atoms with Gasteiger partial charge < -0.3 is 5.32 Å². The predicted octanol–water partition coefficient (Wildman–Crippen LogP) is 13.6. The van der Waals surface area contributed by atoms with E-state index in [4.69, 9.17) is 10.2 Å². The standard InChI is InChI=1S/C40H35N9S/c1-5-27(4)41-35-20-21-37(31-11-7-6-10-30(31)35)46-47-38-23-22-36(32-12-8-9-13-33(32)38)45-43-29-18-19-34(26(3)24-29)44-48-40-42-39(49-50-40)28-16-14-25(2)15-17-28/h6-24,27,41H,5H2,1-4H3/b45-43+,47-46+,48-44+. The number of anilines is 1. The minimum absolute atomic E-state index is 0.374. The summed E-state index contributed by atoms with van der Waals surface area (Å²) in [7, 11) is 0. The first kappa shape index (κ1) is 32.5. The molecule has 10 heteroatoms. The molecule has 0 radical (unpaired) electrons. The Bertz CT molecular complexity index is 2390. The number of rotatable bonds is 10. The third-order valence-corrected chi connectivity index (χ3v) is 9.08. The van der Waals surface area contributed by atoms with Gasteiger partial charge in [-0.2, -0.15) is 14.5 Å². The van der Waals surface area contributed by atoms with Crippen LogP contribution in [0.2, 0.25) is 0 Å². The fourth-order valence-corrected chi connectivity index (χ4v) is 6.03. The molecule has 0 spiro atoms. The predicted molar refractivity (Wildman–Crippen MR) is 205 cm³/mol. The van der Waals surface area contributed by atoms with Gasteiger partial charge in [0, 0.05) is 50.4 Å². The number of aryl methyl sites for hydroxylation is 2. The number of benzene rings is 6. The summed E-state index contributed by atoms with van der Waals surface area (Å²) in [5.74, 6) is 0.647. The zero-order chi connectivity index (χ0) is 34.5. The normalized spacial score (nSPS) is 12.6. The number of azo groups is 3. The molecular formula is C40H35N9S. The van der Waals surface area contributed by atoms with E-state index in [2.05, 4.69) is 80.2 Å². The van der Waals surface area contributed by atoms with Crippen LogP contribution >= 0.6 is 11.5 Å². The van der Waals surface area contributed by atoms with Gasteiger partial charge >= 0.3 is 0 Å². The van der Waals surface area contributed by atoms with Crippen LogP contribution in [0.15, 0.2) is 146 Å². The van der Waals surface area contributed by atoms with Crippen LogP contribution in [-0.4, -0.2) is 15.4 Å². The van der Waals surface area contributed by atoms with E-state index in [1.165, 1.54) is 17.1 Å². The van der Waals surface area contributed by atoms with Gasteiger partial charge in [-0.3, -0.25) is 0 Å². The zero-order valence-corrected chi connectivity index (χ0v) is 29.1. The summed E-state index contributed by atoms with van der Waals surface area (Å²) in [4.78, 5) is 4.52. The third-order valence-electron chi connectivity index (χ3n) is 8.48. The lowest BCUT2D eigenvalue weighted by Crippen LogP contribution is -2.13. The zero-order valence-electron chi connectivity index (χ0n) is 28.2. The molecule has 0 amide bonds. The molecule has 0 saturated carbocycles. The Labute approximate surface area is 294 Å². The largest absolute Gasteiger partial charge is 0.382 e. The number of hydrogen-bond acceptors (Lipinski definition) is 10. The number of aromatic nitrogens is 2. The van der Waals surface area contributed by atoms with Gasteiger partial charge in [0.05, 0.1) is 28.4 Å². The highest BCUT2D eigenvalue weighted by molar-refractivity contribution is 7.09. The minimum Gasteiger partial charge on any atom is -0.382 e. The first-order chi connectivity index (χ1) is 24.4. The molecule has 0 aliphatic rings. The van der Waals surface area contributed by atoms with Gasteiger partial charge in [0.15, 0.2) is 5.82 Å². The Balaban J connectivity index is 1.09. The molecule has 7 rings (SSSR count). The molecule has 0 aliphatic heterocycles. The van der Waals surface area contributed by atoms with Gasteiger partial charge in [-0.05, 0) is 75.2 Å². The lowest BCUT2D eigenvalue weighted by atomic mass is 10.1. The molecule has 246 valence electrons. The maximum Gasteiger partial charge on any atom is 0.249 e. The molecule has 1 unspecified atom stereocenters. The van der Waals surface area contributed by atoms with Crippen molar-refractivity contribution in [1.82, 2.24) is 9.36 Å². The van der Waals surface area contributed by atoms with Gasteiger partial charge in [0.2, 0.25) is 5.13 Å². The third kappa shape index (κ3) is 7.20. The van der Waals surface area contributed by atoms with E-state index in [0.717, 1.165) is 67.5 Å². The van der Waals surface area contributed by atoms with Crippen molar-refractivity contribution >= 4 is 72.3 Å². The van der Waals surface area contributed by atoms with E-state index in [-0.39, 0.29) is 0 Å². The minimum atomic E-state index is 0.374. The summed E-state index contributed by atoms with van der Waals surface area (Å²) in [6, 6.07) is 38.5. The van der Waals surface area contributed by atoms with Gasteiger partial charge in [0.25, 0.3) is 0 Å². The maximum absolute atomic E-state index is 4.71. The van der Waals surface area contributed by atoms with Gasteiger partial charge in [-0.25, -0.2) is 0 Å². The Hall–Kier alpha value is -6.00. The highest BCUT2D eigenvalue weighted by Gasteiger charge is 2.10. The van der Waals surface area contributed by atoms with Crippen molar-refractivity contribution in [2.45, 2.75) is 40.2 Å². The molecule has 50 heavy (non-hydrogen) atoms. The first-order valence-corrected chi connectivity index (χ1v) is 17.3. The fourth-order valence-electron chi connectivity index (χ4n) is 5.51. The molecule has 7 aromatic rings. The molecule has 0 fully saturated rings. The summed E-state index contributed by atoms with van der Waals surface area (Å²) in [6.45, 7) is 8.39. The summed E-state index contributed by atoms with van der Waals surface area (Å²) < 4.78 is 4.43. The average Bonchev–Trinajstić information content (AvgIpc) is 3.62. The number of fused-ring (bicyclic) bond motifs is 2. The highest BCUT2D eigenvalue weighted by atomic mass is 32.1. The topological polar surface area (TPSA) is 112 Å². The van der Waals surface area contributed by atoms with E-state index < -0.39 is 0 Å². The van der Waals surface area contributed by atoms with Crippen molar-refractivity contribution in [3.8, 4) is 11.4 Å². The van der Waals surface area contributed by atoms with Crippen molar-refractivity contribution in [2.24, 2.45) is 30.7 Å². The fraction of sp³-hybridized carbons (Fsp3) is 0.150. The first-order valence-electron chi connectivity index (χ1n) is 16.5. The Morgan fingerprint density at radius 2 is 1.18 bits per heavy atom. The smallest absolute Gasteiger partial charge is 0.249 e. The Kier molecular flexibility index (Phi) is 9.52. The Morgan fingerprint density at radius 3 is 1.82 bits per heavy atom. The summed E-state index contributed by atoms with van der Waals surface area (Å²) in [5, 5.41) is 35.5. The van der Waals surface area contributed by atoms with Crippen LogP contribution in [-0.2, 0) is 0 Å². The molecule has 0 saturated heterocycles. The van der Waals surface area contributed by atoms with Crippen LogP contribution in [0.5, 0.6) is 0 Å². The molecule has 0 aliphatic carbocycles. The van der Waals surface area contributed by atoms with E-state index in [9.17, 15) is 0 Å². The van der Waals surface area contributed by atoms with Crippen molar-refractivity contribution in [3.05, 3.63) is 126 Å². The van der Waals surface area contributed by atoms with Crippen molar-refractivity contribution < 1.29 is 0 Å². The monoisotopic (exact) mass is 673 g/mol. The quantitative estimate of drug-likeness (QED) is 0.146. The van der Waals surface area contributed by atoms with Crippen LogP contribution in [0.3, 0.4) is 0 Å². The SMILES string of the molecule is CCC(C)Nc1ccc(/N=N/c2ccc(/N=N/c3ccc(/N=N/c4nc(-c5ccc(C)cc5)ns4)c(C)c3)c3ccccc23)c2ccccc12. The van der Waals surface area contributed by atoms with E-state index >= 15 is 0 Å². The molecular weight excluding hydrogens is 639 g/mol. The molecule has 9 nitrogen and oxygen atoms in total. The number of nitrogens with zero attached hydrogens (tertiary/aromatic N) is 8. The van der Waals surface area contributed by atoms with Crippen LogP contribution in [0.25, 0.3) is 32.9 Å². The summed E-state index contributed by atoms with van der Waals surface area (Å²) in [5.41, 5.74) is 7.93. The van der Waals surface area contributed by atoms with Crippen LogP contribution < -0.4 is 5.32 Å². The van der Waals surface area contributed by atoms with Crippen LogP contribution in [0.4, 0.5) is 39.3 Å². The van der Waals surface area contributed by atoms with Gasteiger partial charge in [-0.1, -0.05) is 85.3 Å². The number of nitrogens with one attached hydrogen (secondary N) is 1. The highest BCUT2D eigenvalue weighted by Crippen LogP contribution is 2.38. The molecule has 6 aromatic carbocycles. The molecule has 1 aromatic heterocycles. The van der Waals surface area contributed by atoms with E-state index in [1.807, 2.05) is 97.9 Å². The maximum atomic E-state index is 4.71. The summed E-state index contributed by atoms with van der Waals surface area (Å²) in [6.07, 6.45) is 1.04. The summed E-state index contributed by atoms with van der Waals surface area (Å²) >= 11 is 1.22. The lowest BCUT2D eigenvalue weighted by Gasteiger charge is -2.15. The second kappa shape index (κ2) is 14.6. The van der Waals surface area contributed by atoms with Crippen molar-refractivity contribution in [2.75, 3.05) is 5.32 Å². The second-order valence-electron chi connectivity index (χ2n) is 12.1. The number of hydrogen-bond donors (Lipinski definition) is 1.